The first-order valence-corrected chi connectivity index (χ1v) is 7.31. The highest BCUT2D eigenvalue weighted by Gasteiger charge is 2.24. The van der Waals surface area contributed by atoms with Crippen LogP contribution < -0.4 is 9.47 Å². The lowest BCUT2D eigenvalue weighted by molar-refractivity contribution is -0.385. The number of benzene rings is 1. The van der Waals surface area contributed by atoms with E-state index in [1.165, 1.54) is 20.3 Å². The Labute approximate surface area is 129 Å². The molecule has 1 fully saturated rings. The summed E-state index contributed by atoms with van der Waals surface area (Å²) in [4.78, 5) is 13.0. The van der Waals surface area contributed by atoms with Gasteiger partial charge in [0.25, 0.3) is 5.69 Å². The van der Waals surface area contributed by atoms with Crippen LogP contribution in [0.4, 0.5) is 5.69 Å². The molecule has 1 heterocycles. The van der Waals surface area contributed by atoms with Gasteiger partial charge >= 0.3 is 0 Å². The Morgan fingerprint density at radius 3 is 2.64 bits per heavy atom. The molecule has 22 heavy (non-hydrogen) atoms. The minimum absolute atomic E-state index is 0.0313. The van der Waals surface area contributed by atoms with Crippen LogP contribution in [0.25, 0.3) is 0 Å². The highest BCUT2D eigenvalue weighted by atomic mass is 16.6. The molecule has 122 valence electrons. The Bertz CT molecular complexity index is 535. The highest BCUT2D eigenvalue weighted by molar-refractivity contribution is 5.54. The molecule has 0 aromatic heterocycles. The molecule has 7 nitrogen and oxygen atoms in total. The normalized spacial score (nSPS) is 19.0. The topological polar surface area (TPSA) is 85.1 Å². The second-order valence-corrected chi connectivity index (χ2v) is 5.52. The zero-order valence-corrected chi connectivity index (χ0v) is 12.9. The molecule has 1 aromatic rings. The van der Waals surface area contributed by atoms with Crippen LogP contribution in [-0.2, 0) is 6.54 Å². The van der Waals surface area contributed by atoms with Crippen molar-refractivity contribution in [2.24, 2.45) is 5.92 Å². The van der Waals surface area contributed by atoms with Gasteiger partial charge < -0.3 is 14.6 Å². The Hall–Kier alpha value is -1.86. The van der Waals surface area contributed by atoms with Crippen LogP contribution in [0.15, 0.2) is 12.1 Å². The SMILES string of the molecule is COc1cc(CN2CCCC(CO)C2)c([N+](=O)[O-])cc1OC. The average molecular weight is 310 g/mol. The maximum absolute atomic E-state index is 11.3. The van der Waals surface area contributed by atoms with Crippen molar-refractivity contribution < 1.29 is 19.5 Å². The highest BCUT2D eigenvalue weighted by Crippen LogP contribution is 2.35. The summed E-state index contributed by atoms with van der Waals surface area (Å²) in [6.45, 7) is 2.25. The molecule has 0 bridgehead atoms. The van der Waals surface area contributed by atoms with Crippen molar-refractivity contribution in [2.45, 2.75) is 19.4 Å². The molecule has 1 aliphatic heterocycles. The van der Waals surface area contributed by atoms with E-state index in [1.54, 1.807) is 6.07 Å². The van der Waals surface area contributed by atoms with E-state index < -0.39 is 4.92 Å². The first-order chi connectivity index (χ1) is 10.6. The van der Waals surface area contributed by atoms with Crippen molar-refractivity contribution >= 4 is 5.69 Å². The minimum atomic E-state index is -0.398. The van der Waals surface area contributed by atoms with Crippen LogP contribution in [-0.4, -0.2) is 48.8 Å². The summed E-state index contributed by atoms with van der Waals surface area (Å²) in [7, 11) is 2.97. The van der Waals surface area contributed by atoms with Crippen molar-refractivity contribution in [3.8, 4) is 11.5 Å². The van der Waals surface area contributed by atoms with Gasteiger partial charge in [-0.25, -0.2) is 0 Å². The number of nitrogens with zero attached hydrogens (tertiary/aromatic N) is 2. The van der Waals surface area contributed by atoms with Crippen molar-refractivity contribution in [1.29, 1.82) is 0 Å². The Morgan fingerprint density at radius 2 is 2.05 bits per heavy atom. The fourth-order valence-electron chi connectivity index (χ4n) is 2.89. The third-order valence-electron chi connectivity index (χ3n) is 4.04. The van der Waals surface area contributed by atoms with Gasteiger partial charge in [0.05, 0.1) is 25.2 Å². The summed E-state index contributed by atoms with van der Waals surface area (Å²) in [5.41, 5.74) is 0.630. The van der Waals surface area contributed by atoms with Crippen LogP contribution >= 0.6 is 0 Å². The minimum Gasteiger partial charge on any atom is -0.493 e. The van der Waals surface area contributed by atoms with Gasteiger partial charge in [0.2, 0.25) is 0 Å². The molecule has 1 saturated heterocycles. The molecule has 2 rings (SSSR count). The number of likely N-dealkylation sites (tertiary alicyclic amines) is 1. The lowest BCUT2D eigenvalue weighted by Crippen LogP contribution is -2.36. The first kappa shape index (κ1) is 16.5. The number of ether oxygens (including phenoxy) is 2. The van der Waals surface area contributed by atoms with Crippen molar-refractivity contribution in [1.82, 2.24) is 4.90 Å². The standard InChI is InChI=1S/C15H22N2O5/c1-21-14-6-12(13(17(19)20)7-15(14)22-2)9-16-5-3-4-11(8-16)10-18/h6-7,11,18H,3-5,8-10H2,1-2H3. The van der Waals surface area contributed by atoms with Gasteiger partial charge in [0.15, 0.2) is 11.5 Å². The number of methoxy groups -OCH3 is 2. The van der Waals surface area contributed by atoms with E-state index in [0.29, 0.717) is 23.6 Å². The maximum Gasteiger partial charge on any atom is 0.277 e. The molecule has 1 N–H and O–H groups in total. The Kier molecular flexibility index (Phi) is 5.57. The number of nitro benzene ring substituents is 1. The number of piperidine rings is 1. The molecule has 0 amide bonds. The molecule has 7 heteroatoms. The Balaban J connectivity index is 2.26. The predicted molar refractivity (Wildman–Crippen MR) is 81.3 cm³/mol. The molecule has 0 aliphatic carbocycles. The smallest absolute Gasteiger partial charge is 0.277 e. The van der Waals surface area contributed by atoms with Gasteiger partial charge in [-0.1, -0.05) is 0 Å². The molecular formula is C15H22N2O5. The number of nitro groups is 1. The van der Waals surface area contributed by atoms with E-state index in [9.17, 15) is 15.2 Å². The van der Waals surface area contributed by atoms with Gasteiger partial charge in [0.1, 0.15) is 0 Å². The van der Waals surface area contributed by atoms with Gasteiger partial charge in [0, 0.05) is 25.3 Å². The van der Waals surface area contributed by atoms with Crippen LogP contribution in [0.3, 0.4) is 0 Å². The third-order valence-corrected chi connectivity index (χ3v) is 4.04. The summed E-state index contributed by atoms with van der Waals surface area (Å²) < 4.78 is 10.4. The summed E-state index contributed by atoms with van der Waals surface area (Å²) in [5, 5.41) is 20.6. The quantitative estimate of drug-likeness (QED) is 0.637. The fraction of sp³-hybridized carbons (Fsp3) is 0.600. The summed E-state index contributed by atoms with van der Waals surface area (Å²) in [6, 6.07) is 3.07. The third kappa shape index (κ3) is 3.66. The van der Waals surface area contributed by atoms with E-state index in [-0.39, 0.29) is 18.2 Å². The lowest BCUT2D eigenvalue weighted by atomic mass is 9.98. The molecule has 0 saturated carbocycles. The van der Waals surface area contributed by atoms with Crippen LogP contribution in [0.5, 0.6) is 11.5 Å². The second kappa shape index (κ2) is 7.42. The van der Waals surface area contributed by atoms with Crippen molar-refractivity contribution in [2.75, 3.05) is 33.9 Å². The number of hydrogen-bond donors (Lipinski definition) is 1. The van der Waals surface area contributed by atoms with E-state index in [4.69, 9.17) is 9.47 Å². The monoisotopic (exact) mass is 310 g/mol. The zero-order chi connectivity index (χ0) is 16.1. The molecule has 1 aliphatic rings. The second-order valence-electron chi connectivity index (χ2n) is 5.52. The summed E-state index contributed by atoms with van der Waals surface area (Å²) in [5.74, 6) is 1.08. The molecule has 0 radical (unpaired) electrons. The molecule has 1 unspecified atom stereocenters. The average Bonchev–Trinajstić information content (AvgIpc) is 2.54. The number of hydrogen-bond acceptors (Lipinski definition) is 6. The van der Waals surface area contributed by atoms with Gasteiger partial charge in [-0.2, -0.15) is 0 Å². The molecule has 1 aromatic carbocycles. The fourth-order valence-corrected chi connectivity index (χ4v) is 2.89. The van der Waals surface area contributed by atoms with Gasteiger partial charge in [-0.05, 0) is 31.4 Å². The molecule has 1 atom stereocenters. The maximum atomic E-state index is 11.3. The Morgan fingerprint density at radius 1 is 1.36 bits per heavy atom. The van der Waals surface area contributed by atoms with E-state index in [2.05, 4.69) is 4.90 Å². The summed E-state index contributed by atoms with van der Waals surface area (Å²) in [6.07, 6.45) is 1.99. The first-order valence-electron chi connectivity index (χ1n) is 7.31. The number of aliphatic hydroxyl groups is 1. The van der Waals surface area contributed by atoms with Gasteiger partial charge in [-0.3, -0.25) is 15.0 Å². The summed E-state index contributed by atoms with van der Waals surface area (Å²) >= 11 is 0. The van der Waals surface area contributed by atoms with Crippen LogP contribution in [0, 0.1) is 16.0 Å². The number of rotatable bonds is 6. The van der Waals surface area contributed by atoms with Crippen LogP contribution in [0.1, 0.15) is 18.4 Å². The number of aliphatic hydroxyl groups excluding tert-OH is 1. The van der Waals surface area contributed by atoms with E-state index in [1.807, 2.05) is 0 Å². The predicted octanol–water partition coefficient (Wildman–Crippen LogP) is 1.82. The lowest BCUT2D eigenvalue weighted by Gasteiger charge is -2.31. The van der Waals surface area contributed by atoms with Crippen molar-refractivity contribution in [3.63, 3.8) is 0 Å². The largest absolute Gasteiger partial charge is 0.493 e. The molecule has 0 spiro atoms. The van der Waals surface area contributed by atoms with Crippen LogP contribution in [0.2, 0.25) is 0 Å². The van der Waals surface area contributed by atoms with Crippen molar-refractivity contribution in [3.05, 3.63) is 27.8 Å². The van der Waals surface area contributed by atoms with E-state index >= 15 is 0 Å². The zero-order valence-electron chi connectivity index (χ0n) is 12.9. The molecular weight excluding hydrogens is 288 g/mol. The van der Waals surface area contributed by atoms with Gasteiger partial charge in [-0.15, -0.1) is 0 Å². The van der Waals surface area contributed by atoms with E-state index in [0.717, 1.165) is 25.9 Å².